The molecule has 0 fully saturated rings. The summed E-state index contributed by atoms with van der Waals surface area (Å²) in [5.74, 6) is -1.10. The van der Waals surface area contributed by atoms with Crippen LogP contribution in [0.3, 0.4) is 0 Å². The SMILES string of the molecule is CC(=O)CCCCN1C(=O)c2cccc([N+](=O)[O-])c2C1=O. The van der Waals surface area contributed by atoms with E-state index in [-0.39, 0.29) is 29.1 Å². The van der Waals surface area contributed by atoms with Gasteiger partial charge in [-0.15, -0.1) is 0 Å². The fourth-order valence-corrected chi connectivity index (χ4v) is 2.31. The predicted molar refractivity (Wildman–Crippen MR) is 73.0 cm³/mol. The van der Waals surface area contributed by atoms with Crippen LogP contribution in [0, 0.1) is 10.1 Å². The van der Waals surface area contributed by atoms with Crippen molar-refractivity contribution < 1.29 is 19.3 Å². The van der Waals surface area contributed by atoms with E-state index in [1.54, 1.807) is 0 Å². The van der Waals surface area contributed by atoms with Crippen LogP contribution in [0.2, 0.25) is 0 Å². The van der Waals surface area contributed by atoms with Crippen molar-refractivity contribution >= 4 is 23.3 Å². The number of imide groups is 1. The van der Waals surface area contributed by atoms with Gasteiger partial charge >= 0.3 is 0 Å². The zero-order chi connectivity index (χ0) is 15.6. The molecule has 7 nitrogen and oxygen atoms in total. The van der Waals surface area contributed by atoms with E-state index in [1.807, 2.05) is 0 Å². The third kappa shape index (κ3) is 2.81. The van der Waals surface area contributed by atoms with Crippen LogP contribution in [-0.4, -0.2) is 34.0 Å². The number of carbonyl (C=O) groups excluding carboxylic acids is 3. The number of carbonyl (C=O) groups is 3. The van der Waals surface area contributed by atoms with Crippen LogP contribution in [0.1, 0.15) is 46.9 Å². The van der Waals surface area contributed by atoms with E-state index in [1.165, 1.54) is 25.1 Å². The molecule has 1 aromatic carbocycles. The Balaban J connectivity index is 2.17. The molecule has 0 N–H and O–H groups in total. The lowest BCUT2D eigenvalue weighted by Gasteiger charge is -2.12. The topological polar surface area (TPSA) is 97.6 Å². The van der Waals surface area contributed by atoms with Crippen LogP contribution in [-0.2, 0) is 4.79 Å². The van der Waals surface area contributed by atoms with Gasteiger partial charge in [0.25, 0.3) is 17.5 Å². The molecule has 0 aromatic heterocycles. The standard InChI is InChI=1S/C14H14N2O5/c1-9(17)5-2-3-8-15-13(18)10-6-4-7-11(16(20)21)12(10)14(15)19/h4,6-7H,2-3,5,8H2,1H3. The summed E-state index contributed by atoms with van der Waals surface area (Å²) in [5.41, 5.74) is -0.420. The fraction of sp³-hybridized carbons (Fsp3) is 0.357. The van der Waals surface area contributed by atoms with Crippen molar-refractivity contribution in [3.8, 4) is 0 Å². The minimum Gasteiger partial charge on any atom is -0.300 e. The van der Waals surface area contributed by atoms with Crippen molar-refractivity contribution in [2.75, 3.05) is 6.54 Å². The summed E-state index contributed by atoms with van der Waals surface area (Å²) < 4.78 is 0. The van der Waals surface area contributed by atoms with Crippen LogP contribution >= 0.6 is 0 Å². The zero-order valence-corrected chi connectivity index (χ0v) is 11.5. The normalized spacial score (nSPS) is 13.5. The monoisotopic (exact) mass is 290 g/mol. The molecule has 1 aliphatic rings. The van der Waals surface area contributed by atoms with Crippen LogP contribution in [0.5, 0.6) is 0 Å². The Bertz CT molecular complexity index is 638. The van der Waals surface area contributed by atoms with Gasteiger partial charge in [-0.3, -0.25) is 24.6 Å². The number of nitrogens with zero attached hydrogens (tertiary/aromatic N) is 2. The Morgan fingerprint density at radius 2 is 1.95 bits per heavy atom. The minimum absolute atomic E-state index is 0.0491. The molecule has 1 aromatic rings. The van der Waals surface area contributed by atoms with Gasteiger partial charge in [-0.2, -0.15) is 0 Å². The Morgan fingerprint density at radius 1 is 1.24 bits per heavy atom. The molecular formula is C14H14N2O5. The van der Waals surface area contributed by atoms with Crippen LogP contribution in [0.25, 0.3) is 0 Å². The first-order valence-corrected chi connectivity index (χ1v) is 6.56. The summed E-state index contributed by atoms with van der Waals surface area (Å²) in [6.07, 6.45) is 1.47. The maximum absolute atomic E-state index is 12.2. The molecule has 0 spiro atoms. The highest BCUT2D eigenvalue weighted by atomic mass is 16.6. The number of unbranched alkanes of at least 4 members (excludes halogenated alkanes) is 1. The number of benzene rings is 1. The first-order valence-electron chi connectivity index (χ1n) is 6.56. The molecule has 0 aliphatic carbocycles. The van der Waals surface area contributed by atoms with E-state index < -0.39 is 16.7 Å². The molecule has 21 heavy (non-hydrogen) atoms. The number of hydrogen-bond donors (Lipinski definition) is 0. The van der Waals surface area contributed by atoms with Gasteiger partial charge in [0.15, 0.2) is 0 Å². The van der Waals surface area contributed by atoms with Crippen molar-refractivity contribution in [1.82, 2.24) is 4.90 Å². The Labute approximate surface area is 120 Å². The third-order valence-corrected chi connectivity index (χ3v) is 3.33. The lowest BCUT2D eigenvalue weighted by Crippen LogP contribution is -2.30. The Hall–Kier alpha value is -2.57. The number of rotatable bonds is 6. The average molecular weight is 290 g/mol. The summed E-state index contributed by atoms with van der Waals surface area (Å²) in [4.78, 5) is 46.5. The van der Waals surface area contributed by atoms with Gasteiger partial charge in [-0.1, -0.05) is 6.07 Å². The molecule has 0 bridgehead atoms. The molecule has 0 saturated heterocycles. The Kier molecular flexibility index (Phi) is 4.11. The van der Waals surface area contributed by atoms with Gasteiger partial charge in [-0.05, 0) is 25.8 Å². The molecule has 1 heterocycles. The molecule has 2 amide bonds. The van der Waals surface area contributed by atoms with Gasteiger partial charge in [0, 0.05) is 19.0 Å². The molecule has 0 radical (unpaired) electrons. The number of ketones is 1. The van der Waals surface area contributed by atoms with Crippen LogP contribution < -0.4 is 0 Å². The highest BCUT2D eigenvalue weighted by Crippen LogP contribution is 2.30. The summed E-state index contributed by atoms with van der Waals surface area (Å²) in [7, 11) is 0. The van der Waals surface area contributed by atoms with E-state index in [0.29, 0.717) is 19.3 Å². The molecular weight excluding hydrogens is 276 g/mol. The molecule has 7 heteroatoms. The largest absolute Gasteiger partial charge is 0.300 e. The van der Waals surface area contributed by atoms with Crippen molar-refractivity contribution in [2.24, 2.45) is 0 Å². The van der Waals surface area contributed by atoms with E-state index in [4.69, 9.17) is 0 Å². The van der Waals surface area contributed by atoms with E-state index in [9.17, 15) is 24.5 Å². The van der Waals surface area contributed by atoms with Gasteiger partial charge in [-0.25, -0.2) is 0 Å². The highest BCUT2D eigenvalue weighted by Gasteiger charge is 2.40. The second-order valence-electron chi connectivity index (χ2n) is 4.88. The maximum atomic E-state index is 12.2. The van der Waals surface area contributed by atoms with E-state index >= 15 is 0 Å². The lowest BCUT2D eigenvalue weighted by molar-refractivity contribution is -0.385. The molecule has 0 atom stereocenters. The Morgan fingerprint density at radius 3 is 2.57 bits per heavy atom. The summed E-state index contributed by atoms with van der Waals surface area (Å²) in [6.45, 7) is 1.64. The molecule has 2 rings (SSSR count). The van der Waals surface area contributed by atoms with Gasteiger partial charge < -0.3 is 4.79 Å². The molecule has 110 valence electrons. The molecule has 0 saturated carbocycles. The quantitative estimate of drug-likeness (QED) is 0.345. The van der Waals surface area contributed by atoms with Crippen molar-refractivity contribution in [2.45, 2.75) is 26.2 Å². The zero-order valence-electron chi connectivity index (χ0n) is 11.5. The highest BCUT2D eigenvalue weighted by molar-refractivity contribution is 6.23. The summed E-state index contributed by atoms with van der Waals surface area (Å²) >= 11 is 0. The van der Waals surface area contributed by atoms with Crippen molar-refractivity contribution in [3.63, 3.8) is 0 Å². The number of hydrogen-bond acceptors (Lipinski definition) is 5. The first kappa shape index (κ1) is 14.8. The lowest BCUT2D eigenvalue weighted by atomic mass is 10.1. The second-order valence-corrected chi connectivity index (χ2v) is 4.88. The third-order valence-electron chi connectivity index (χ3n) is 3.33. The maximum Gasteiger partial charge on any atom is 0.282 e. The van der Waals surface area contributed by atoms with Gasteiger partial charge in [0.2, 0.25) is 0 Å². The van der Waals surface area contributed by atoms with Crippen molar-refractivity contribution in [1.29, 1.82) is 0 Å². The summed E-state index contributed by atoms with van der Waals surface area (Å²) in [5, 5.41) is 10.9. The number of nitro groups is 1. The van der Waals surface area contributed by atoms with Crippen LogP contribution in [0.15, 0.2) is 18.2 Å². The van der Waals surface area contributed by atoms with Crippen LogP contribution in [0.4, 0.5) is 5.69 Å². The first-order chi connectivity index (χ1) is 9.93. The number of fused-ring (bicyclic) bond motifs is 1. The van der Waals surface area contributed by atoms with Crippen molar-refractivity contribution in [3.05, 3.63) is 39.4 Å². The summed E-state index contributed by atoms with van der Waals surface area (Å²) in [6, 6.07) is 4.02. The minimum atomic E-state index is -0.663. The van der Waals surface area contributed by atoms with E-state index in [2.05, 4.69) is 0 Å². The smallest absolute Gasteiger partial charge is 0.282 e. The van der Waals surface area contributed by atoms with E-state index in [0.717, 1.165) is 4.90 Å². The molecule has 0 unspecified atom stereocenters. The second kappa shape index (κ2) is 5.82. The number of nitro benzene ring substituents is 1. The predicted octanol–water partition coefficient (Wildman–Crippen LogP) is 1.95. The average Bonchev–Trinajstić information content (AvgIpc) is 2.67. The number of Topliss-reactive ketones (excluding diaryl/α,β-unsaturated/α-hetero) is 1. The van der Waals surface area contributed by atoms with Gasteiger partial charge in [0.05, 0.1) is 10.5 Å². The fourth-order valence-electron chi connectivity index (χ4n) is 2.31. The molecule has 1 aliphatic heterocycles. The number of amides is 2. The van der Waals surface area contributed by atoms with Gasteiger partial charge in [0.1, 0.15) is 11.3 Å².